The zero-order valence-electron chi connectivity index (χ0n) is 16.7. The first-order valence-corrected chi connectivity index (χ1v) is 9.18. The number of ether oxygens (including phenoxy) is 3. The second-order valence-electron chi connectivity index (χ2n) is 6.26. The van der Waals surface area contributed by atoms with Crippen LogP contribution in [0.15, 0.2) is 48.5 Å². The Labute approximate surface area is 173 Å². The predicted octanol–water partition coefficient (Wildman–Crippen LogP) is 3.52. The molecule has 2 rings (SSSR count). The van der Waals surface area contributed by atoms with Crippen LogP contribution in [0.2, 0.25) is 0 Å². The van der Waals surface area contributed by atoms with Crippen molar-refractivity contribution in [1.82, 2.24) is 5.32 Å². The minimum absolute atomic E-state index is 0.0962. The molecule has 0 saturated heterocycles. The van der Waals surface area contributed by atoms with Crippen molar-refractivity contribution >= 4 is 18.0 Å². The zero-order valence-corrected chi connectivity index (χ0v) is 16.7. The fourth-order valence-corrected chi connectivity index (χ4v) is 2.61. The average Bonchev–Trinajstić information content (AvgIpc) is 2.72. The number of esters is 1. The summed E-state index contributed by atoms with van der Waals surface area (Å²) in [6.07, 6.45) is 3.22. The lowest BCUT2D eigenvalue weighted by molar-refractivity contribution is -0.143. The molecule has 0 saturated carbocycles. The summed E-state index contributed by atoms with van der Waals surface area (Å²) < 4.78 is 38.9. The van der Waals surface area contributed by atoms with E-state index in [0.717, 1.165) is 17.2 Å². The molecule has 0 bridgehead atoms. The van der Waals surface area contributed by atoms with Crippen LogP contribution in [0.25, 0.3) is 6.08 Å². The highest BCUT2D eigenvalue weighted by molar-refractivity contribution is 5.89. The van der Waals surface area contributed by atoms with Crippen LogP contribution in [-0.2, 0) is 20.7 Å². The quantitative estimate of drug-likeness (QED) is 0.471. The maximum atomic E-state index is 12.3. The molecule has 6 nitrogen and oxygen atoms in total. The molecule has 2 aromatic carbocycles. The lowest BCUT2D eigenvalue weighted by Gasteiger charge is -2.10. The van der Waals surface area contributed by atoms with Crippen LogP contribution in [0, 0.1) is 6.92 Å². The average molecular weight is 419 g/mol. The van der Waals surface area contributed by atoms with Crippen molar-refractivity contribution in [3.63, 3.8) is 0 Å². The highest BCUT2D eigenvalue weighted by Gasteiger charge is 2.11. The molecule has 1 amide bonds. The van der Waals surface area contributed by atoms with Crippen molar-refractivity contribution in [3.05, 3.63) is 65.2 Å². The van der Waals surface area contributed by atoms with Gasteiger partial charge in [-0.25, -0.2) is 4.79 Å². The Balaban J connectivity index is 1.77. The summed E-state index contributed by atoms with van der Waals surface area (Å²) in [5.41, 5.74) is 2.79. The number of halogens is 2. The Bertz CT molecular complexity index is 899. The van der Waals surface area contributed by atoms with E-state index in [4.69, 9.17) is 9.47 Å². The third-order valence-electron chi connectivity index (χ3n) is 4.14. The first kappa shape index (κ1) is 22.9. The first-order chi connectivity index (χ1) is 14.4. The highest BCUT2D eigenvalue weighted by atomic mass is 19.3. The molecule has 30 heavy (non-hydrogen) atoms. The fourth-order valence-electron chi connectivity index (χ4n) is 2.61. The van der Waals surface area contributed by atoms with Crippen molar-refractivity contribution in [1.29, 1.82) is 0 Å². The second-order valence-corrected chi connectivity index (χ2v) is 6.26. The molecule has 0 unspecified atom stereocenters. The molecule has 0 radical (unpaired) electrons. The number of hydrogen-bond acceptors (Lipinski definition) is 5. The molecule has 1 N–H and O–H groups in total. The minimum atomic E-state index is -2.97. The topological polar surface area (TPSA) is 73.9 Å². The largest absolute Gasteiger partial charge is 0.493 e. The van der Waals surface area contributed by atoms with Crippen molar-refractivity contribution in [3.8, 4) is 11.5 Å². The molecule has 0 heterocycles. The van der Waals surface area contributed by atoms with Crippen LogP contribution in [0.3, 0.4) is 0 Å². The molecule has 0 aromatic heterocycles. The van der Waals surface area contributed by atoms with E-state index in [-0.39, 0.29) is 11.5 Å². The number of benzene rings is 2. The summed E-state index contributed by atoms with van der Waals surface area (Å²) in [5.74, 6) is -1.13. The Morgan fingerprint density at radius 3 is 2.60 bits per heavy atom. The van der Waals surface area contributed by atoms with Gasteiger partial charge in [0, 0.05) is 12.6 Å². The monoisotopic (exact) mass is 419 g/mol. The summed E-state index contributed by atoms with van der Waals surface area (Å²) in [4.78, 5) is 23.6. The van der Waals surface area contributed by atoms with Gasteiger partial charge < -0.3 is 19.5 Å². The van der Waals surface area contributed by atoms with Crippen LogP contribution in [0.5, 0.6) is 11.5 Å². The van der Waals surface area contributed by atoms with E-state index in [9.17, 15) is 18.4 Å². The molecule has 0 spiro atoms. The molecule has 2 aromatic rings. The molecule has 0 fully saturated rings. The standard InChI is InChI=1S/C22H23F2NO5/c1-15-5-3-4-6-17(15)11-12-25-20(26)14-29-21(27)10-8-16-7-9-18(30-22(23)24)19(13-16)28-2/h3-10,13,22H,11-12,14H2,1-2H3,(H,25,26)/b10-8+. The smallest absolute Gasteiger partial charge is 0.387 e. The van der Waals surface area contributed by atoms with E-state index >= 15 is 0 Å². The van der Waals surface area contributed by atoms with Crippen LogP contribution in [0.4, 0.5) is 8.78 Å². The molecule has 0 atom stereocenters. The third kappa shape index (κ3) is 7.54. The zero-order chi connectivity index (χ0) is 21.9. The van der Waals surface area contributed by atoms with Gasteiger partial charge in [0.15, 0.2) is 18.1 Å². The molecule has 0 aliphatic heterocycles. The molecule has 160 valence electrons. The van der Waals surface area contributed by atoms with Crippen molar-refractivity contribution < 1.29 is 32.6 Å². The number of aryl methyl sites for hydroxylation is 1. The van der Waals surface area contributed by atoms with Crippen LogP contribution < -0.4 is 14.8 Å². The Morgan fingerprint density at radius 1 is 1.13 bits per heavy atom. The molecule has 0 aliphatic rings. The van der Waals surface area contributed by atoms with Gasteiger partial charge in [0.05, 0.1) is 7.11 Å². The predicted molar refractivity (Wildman–Crippen MR) is 108 cm³/mol. The number of methoxy groups -OCH3 is 1. The van der Waals surface area contributed by atoms with Crippen molar-refractivity contribution in [2.45, 2.75) is 20.0 Å². The molecule has 8 heteroatoms. The van der Waals surface area contributed by atoms with Gasteiger partial charge in [0.2, 0.25) is 0 Å². The Morgan fingerprint density at radius 2 is 1.90 bits per heavy atom. The summed E-state index contributed by atoms with van der Waals surface area (Å²) in [5, 5.41) is 2.69. The number of alkyl halides is 2. The van der Waals surface area contributed by atoms with Gasteiger partial charge in [-0.2, -0.15) is 8.78 Å². The number of rotatable bonds is 10. The first-order valence-electron chi connectivity index (χ1n) is 9.18. The number of carbonyl (C=O) groups excluding carboxylic acids is 2. The van der Waals surface area contributed by atoms with Crippen molar-refractivity contribution in [2.75, 3.05) is 20.3 Å². The molecular weight excluding hydrogens is 396 g/mol. The van der Waals surface area contributed by atoms with E-state index in [1.54, 1.807) is 0 Å². The number of carbonyl (C=O) groups is 2. The van der Waals surface area contributed by atoms with E-state index < -0.39 is 25.1 Å². The van der Waals surface area contributed by atoms with E-state index in [0.29, 0.717) is 18.5 Å². The summed E-state index contributed by atoms with van der Waals surface area (Å²) in [7, 11) is 1.31. The van der Waals surface area contributed by atoms with Crippen LogP contribution in [0.1, 0.15) is 16.7 Å². The lowest BCUT2D eigenvalue weighted by Crippen LogP contribution is -2.30. The maximum absolute atomic E-state index is 12.3. The summed E-state index contributed by atoms with van der Waals surface area (Å²) in [6.45, 7) is -0.941. The van der Waals surface area contributed by atoms with E-state index in [1.807, 2.05) is 31.2 Å². The number of amides is 1. The van der Waals surface area contributed by atoms with Gasteiger partial charge in [-0.3, -0.25) is 4.79 Å². The van der Waals surface area contributed by atoms with Gasteiger partial charge in [0.25, 0.3) is 5.91 Å². The Hall–Kier alpha value is -3.42. The molecule has 0 aliphatic carbocycles. The van der Waals surface area contributed by atoms with Gasteiger partial charge >= 0.3 is 12.6 Å². The van der Waals surface area contributed by atoms with E-state index in [1.165, 1.54) is 31.4 Å². The normalized spacial score (nSPS) is 10.8. The highest BCUT2D eigenvalue weighted by Crippen LogP contribution is 2.29. The van der Waals surface area contributed by atoms with Crippen LogP contribution in [-0.4, -0.2) is 38.7 Å². The van der Waals surface area contributed by atoms with Crippen molar-refractivity contribution in [2.24, 2.45) is 0 Å². The minimum Gasteiger partial charge on any atom is -0.493 e. The van der Waals surface area contributed by atoms with Gasteiger partial charge in [-0.15, -0.1) is 0 Å². The maximum Gasteiger partial charge on any atom is 0.387 e. The lowest BCUT2D eigenvalue weighted by atomic mass is 10.1. The van der Waals surface area contributed by atoms with E-state index in [2.05, 4.69) is 10.1 Å². The van der Waals surface area contributed by atoms with Gasteiger partial charge in [-0.05, 0) is 48.2 Å². The SMILES string of the molecule is COc1cc(/C=C/C(=O)OCC(=O)NCCc2ccccc2C)ccc1OC(F)F. The summed E-state index contributed by atoms with van der Waals surface area (Å²) in [6, 6.07) is 12.1. The fraction of sp³-hybridized carbons (Fsp3) is 0.273. The number of nitrogens with one attached hydrogen (secondary N) is 1. The van der Waals surface area contributed by atoms with Gasteiger partial charge in [-0.1, -0.05) is 30.3 Å². The second kappa shape index (κ2) is 11.5. The Kier molecular flexibility index (Phi) is 8.80. The molecular formula is C22H23F2NO5. The van der Waals surface area contributed by atoms with Crippen LogP contribution >= 0.6 is 0 Å². The van der Waals surface area contributed by atoms with Gasteiger partial charge in [0.1, 0.15) is 0 Å². The summed E-state index contributed by atoms with van der Waals surface area (Å²) >= 11 is 0. The third-order valence-corrected chi connectivity index (χ3v) is 4.14. The number of hydrogen-bond donors (Lipinski definition) is 1.